The summed E-state index contributed by atoms with van der Waals surface area (Å²) in [5.41, 5.74) is 1.38. The molecule has 4 nitrogen and oxygen atoms in total. The summed E-state index contributed by atoms with van der Waals surface area (Å²) in [5.74, 6) is -0.0139. The summed E-state index contributed by atoms with van der Waals surface area (Å²) in [6, 6.07) is 7.54. The molecule has 2 rings (SSSR count). The molecule has 0 radical (unpaired) electrons. The maximum Gasteiger partial charge on any atom is 0.320 e. The first-order chi connectivity index (χ1) is 8.86. The molecule has 1 heterocycles. The van der Waals surface area contributed by atoms with E-state index in [1.165, 1.54) is 5.56 Å². The molecule has 4 heteroatoms. The van der Waals surface area contributed by atoms with Crippen molar-refractivity contribution in [2.75, 3.05) is 6.54 Å². The highest BCUT2D eigenvalue weighted by molar-refractivity contribution is 5.73. The number of carboxylic acid groups (broad SMARTS) is 1. The zero-order valence-electron chi connectivity index (χ0n) is 11.6. The fourth-order valence-electron chi connectivity index (χ4n) is 2.21. The van der Waals surface area contributed by atoms with E-state index in [-0.39, 0.29) is 11.5 Å². The first-order valence-corrected chi connectivity index (χ1v) is 6.59. The second kappa shape index (κ2) is 5.21. The third-order valence-electron chi connectivity index (χ3n) is 3.41. The molecule has 1 aliphatic heterocycles. The SMILES string of the molecule is CC(C)(C)c1ccc(O[C@@H]2CN[C@H](C(=O)O)C2)cc1. The second-order valence-electron chi connectivity index (χ2n) is 6.05. The third-order valence-corrected chi connectivity index (χ3v) is 3.41. The molecule has 1 aromatic rings. The molecule has 0 aliphatic carbocycles. The number of rotatable bonds is 3. The Hall–Kier alpha value is -1.55. The van der Waals surface area contributed by atoms with Crippen molar-refractivity contribution >= 4 is 5.97 Å². The number of aliphatic carboxylic acids is 1. The lowest BCUT2D eigenvalue weighted by Crippen LogP contribution is -2.30. The average Bonchev–Trinajstić information content (AvgIpc) is 2.77. The van der Waals surface area contributed by atoms with Crippen molar-refractivity contribution in [3.05, 3.63) is 29.8 Å². The zero-order valence-corrected chi connectivity index (χ0v) is 11.6. The smallest absolute Gasteiger partial charge is 0.320 e. The Morgan fingerprint density at radius 1 is 1.32 bits per heavy atom. The van der Waals surface area contributed by atoms with Crippen LogP contribution in [0.15, 0.2) is 24.3 Å². The number of ether oxygens (including phenoxy) is 1. The van der Waals surface area contributed by atoms with Crippen LogP contribution < -0.4 is 10.1 Å². The van der Waals surface area contributed by atoms with Gasteiger partial charge in [-0.3, -0.25) is 4.79 Å². The molecular formula is C15H21NO3. The van der Waals surface area contributed by atoms with Crippen LogP contribution in [-0.4, -0.2) is 29.8 Å². The zero-order chi connectivity index (χ0) is 14.0. The van der Waals surface area contributed by atoms with E-state index >= 15 is 0 Å². The molecule has 1 aliphatic rings. The molecule has 0 unspecified atom stereocenters. The number of nitrogens with one attached hydrogen (secondary N) is 1. The highest BCUT2D eigenvalue weighted by atomic mass is 16.5. The van der Waals surface area contributed by atoms with Crippen LogP contribution in [0.3, 0.4) is 0 Å². The Morgan fingerprint density at radius 3 is 2.42 bits per heavy atom. The van der Waals surface area contributed by atoms with Crippen LogP contribution in [0, 0.1) is 0 Å². The molecule has 104 valence electrons. The quantitative estimate of drug-likeness (QED) is 0.877. The van der Waals surface area contributed by atoms with Gasteiger partial charge < -0.3 is 15.2 Å². The number of hydrogen-bond donors (Lipinski definition) is 2. The minimum absolute atomic E-state index is 0.0680. The fourth-order valence-corrected chi connectivity index (χ4v) is 2.21. The summed E-state index contributed by atoms with van der Waals surface area (Å²) in [4.78, 5) is 10.8. The lowest BCUT2D eigenvalue weighted by atomic mass is 9.87. The molecule has 0 aromatic heterocycles. The van der Waals surface area contributed by atoms with Crippen molar-refractivity contribution in [2.45, 2.75) is 44.8 Å². The monoisotopic (exact) mass is 263 g/mol. The number of carboxylic acids is 1. The van der Waals surface area contributed by atoms with Gasteiger partial charge in [-0.05, 0) is 23.1 Å². The van der Waals surface area contributed by atoms with Crippen molar-refractivity contribution in [1.82, 2.24) is 5.32 Å². The summed E-state index contributed by atoms with van der Waals surface area (Å²) >= 11 is 0. The predicted molar refractivity (Wildman–Crippen MR) is 73.6 cm³/mol. The predicted octanol–water partition coefficient (Wildman–Crippen LogP) is 2.18. The van der Waals surface area contributed by atoms with Gasteiger partial charge in [-0.1, -0.05) is 32.9 Å². The summed E-state index contributed by atoms with van der Waals surface area (Å²) in [6.07, 6.45) is 0.442. The molecule has 1 aromatic carbocycles. The Balaban J connectivity index is 1.96. The van der Waals surface area contributed by atoms with E-state index in [0.717, 1.165) is 5.75 Å². The van der Waals surface area contributed by atoms with Gasteiger partial charge in [-0.2, -0.15) is 0 Å². The van der Waals surface area contributed by atoms with Crippen LogP contribution in [0.1, 0.15) is 32.8 Å². The minimum atomic E-state index is -0.811. The standard InChI is InChI=1S/C15H21NO3/c1-15(2,3)10-4-6-11(7-5-10)19-12-8-13(14(17)18)16-9-12/h4-7,12-13,16H,8-9H2,1-3H3,(H,17,18)/t12-,13-/m0/s1. The van der Waals surface area contributed by atoms with Gasteiger partial charge in [-0.25, -0.2) is 0 Å². The van der Waals surface area contributed by atoms with E-state index in [4.69, 9.17) is 9.84 Å². The molecule has 1 fully saturated rings. The van der Waals surface area contributed by atoms with Crippen molar-refractivity contribution < 1.29 is 14.6 Å². The van der Waals surface area contributed by atoms with E-state index in [2.05, 4.69) is 38.2 Å². The van der Waals surface area contributed by atoms with E-state index in [1.807, 2.05) is 12.1 Å². The maximum absolute atomic E-state index is 10.8. The molecule has 2 atom stereocenters. The van der Waals surface area contributed by atoms with E-state index in [0.29, 0.717) is 13.0 Å². The molecule has 0 amide bonds. The Morgan fingerprint density at radius 2 is 1.95 bits per heavy atom. The lowest BCUT2D eigenvalue weighted by Gasteiger charge is -2.20. The van der Waals surface area contributed by atoms with Crippen LogP contribution >= 0.6 is 0 Å². The Bertz CT molecular complexity index is 447. The van der Waals surface area contributed by atoms with Gasteiger partial charge in [0, 0.05) is 13.0 Å². The highest BCUT2D eigenvalue weighted by Gasteiger charge is 2.30. The first-order valence-electron chi connectivity index (χ1n) is 6.59. The molecular weight excluding hydrogens is 242 g/mol. The Kier molecular flexibility index (Phi) is 3.80. The molecule has 19 heavy (non-hydrogen) atoms. The summed E-state index contributed by atoms with van der Waals surface area (Å²) in [7, 11) is 0. The number of hydrogen-bond acceptors (Lipinski definition) is 3. The van der Waals surface area contributed by atoms with Gasteiger partial charge in [0.1, 0.15) is 17.9 Å². The van der Waals surface area contributed by atoms with Gasteiger partial charge in [0.2, 0.25) is 0 Å². The number of carbonyl (C=O) groups is 1. The van der Waals surface area contributed by atoms with E-state index in [1.54, 1.807) is 0 Å². The molecule has 0 bridgehead atoms. The van der Waals surface area contributed by atoms with Gasteiger partial charge in [0.05, 0.1) is 0 Å². The van der Waals surface area contributed by atoms with Gasteiger partial charge in [0.15, 0.2) is 0 Å². The molecule has 0 spiro atoms. The topological polar surface area (TPSA) is 58.6 Å². The summed E-state index contributed by atoms with van der Waals surface area (Å²) < 4.78 is 5.80. The van der Waals surface area contributed by atoms with Crippen LogP contribution in [0.25, 0.3) is 0 Å². The fraction of sp³-hybridized carbons (Fsp3) is 0.533. The minimum Gasteiger partial charge on any atom is -0.489 e. The normalized spacial score (nSPS) is 23.3. The van der Waals surface area contributed by atoms with E-state index < -0.39 is 12.0 Å². The Labute approximate surface area is 113 Å². The van der Waals surface area contributed by atoms with Gasteiger partial charge >= 0.3 is 5.97 Å². The second-order valence-corrected chi connectivity index (χ2v) is 6.05. The first kappa shape index (κ1) is 13.9. The molecule has 0 saturated carbocycles. The largest absolute Gasteiger partial charge is 0.489 e. The van der Waals surface area contributed by atoms with Crippen molar-refractivity contribution in [2.24, 2.45) is 0 Å². The molecule has 2 N–H and O–H groups in total. The lowest BCUT2D eigenvalue weighted by molar-refractivity contribution is -0.139. The van der Waals surface area contributed by atoms with E-state index in [9.17, 15) is 4.79 Å². The third kappa shape index (κ3) is 3.47. The van der Waals surface area contributed by atoms with Gasteiger partial charge in [0.25, 0.3) is 0 Å². The average molecular weight is 263 g/mol. The van der Waals surface area contributed by atoms with Crippen LogP contribution in [0.4, 0.5) is 0 Å². The van der Waals surface area contributed by atoms with Crippen LogP contribution in [0.5, 0.6) is 5.75 Å². The number of benzene rings is 1. The van der Waals surface area contributed by atoms with Crippen LogP contribution in [-0.2, 0) is 10.2 Å². The highest BCUT2D eigenvalue weighted by Crippen LogP contribution is 2.25. The summed E-state index contributed by atoms with van der Waals surface area (Å²) in [6.45, 7) is 7.08. The van der Waals surface area contributed by atoms with Crippen molar-refractivity contribution in [3.8, 4) is 5.75 Å². The molecule has 1 saturated heterocycles. The van der Waals surface area contributed by atoms with Gasteiger partial charge in [-0.15, -0.1) is 0 Å². The van der Waals surface area contributed by atoms with Crippen molar-refractivity contribution in [3.63, 3.8) is 0 Å². The van der Waals surface area contributed by atoms with Crippen LogP contribution in [0.2, 0.25) is 0 Å². The summed E-state index contributed by atoms with van der Waals surface area (Å²) in [5, 5.41) is 11.8. The maximum atomic E-state index is 10.8. The van der Waals surface area contributed by atoms with Crippen molar-refractivity contribution in [1.29, 1.82) is 0 Å².